The molecule has 0 spiro atoms. The van der Waals surface area contributed by atoms with Crippen molar-refractivity contribution in [3.8, 4) is 22.4 Å². The van der Waals surface area contributed by atoms with Crippen molar-refractivity contribution in [1.82, 2.24) is 4.98 Å². The van der Waals surface area contributed by atoms with E-state index in [0.29, 0.717) is 6.04 Å². The standard InChI is InChI=1S/C32H37N3/c1-5-13-25-21-27(24-15-9-7-10-16-24)22-26(14-6-2)31(25)29-19-20-30(33-23(3)4)32(35-29)34-28-17-11-8-12-18-28/h7-12,15-23,33H,5-6,13-14H2,1-4H3,(H,34,35). The van der Waals surface area contributed by atoms with E-state index >= 15 is 0 Å². The summed E-state index contributed by atoms with van der Waals surface area (Å²) in [5, 5.41) is 7.11. The number of nitrogens with one attached hydrogen (secondary N) is 2. The lowest BCUT2D eigenvalue weighted by Crippen LogP contribution is -2.12. The van der Waals surface area contributed by atoms with Crippen molar-refractivity contribution < 1.29 is 0 Å². The molecule has 0 aliphatic carbocycles. The molecule has 180 valence electrons. The Morgan fingerprint density at radius 3 is 1.89 bits per heavy atom. The summed E-state index contributed by atoms with van der Waals surface area (Å²) in [7, 11) is 0. The van der Waals surface area contributed by atoms with Crippen molar-refractivity contribution in [2.24, 2.45) is 0 Å². The molecule has 0 radical (unpaired) electrons. The molecule has 0 bridgehead atoms. The Kier molecular flexibility index (Phi) is 8.20. The zero-order valence-electron chi connectivity index (χ0n) is 21.4. The van der Waals surface area contributed by atoms with Gasteiger partial charge in [-0.2, -0.15) is 0 Å². The number of hydrogen-bond acceptors (Lipinski definition) is 3. The van der Waals surface area contributed by atoms with Gasteiger partial charge < -0.3 is 10.6 Å². The third-order valence-electron chi connectivity index (χ3n) is 6.08. The highest BCUT2D eigenvalue weighted by Crippen LogP contribution is 2.36. The molecule has 1 aromatic heterocycles. The van der Waals surface area contributed by atoms with Gasteiger partial charge in [-0.25, -0.2) is 4.98 Å². The molecule has 0 unspecified atom stereocenters. The van der Waals surface area contributed by atoms with E-state index in [4.69, 9.17) is 4.98 Å². The van der Waals surface area contributed by atoms with E-state index < -0.39 is 0 Å². The third kappa shape index (κ3) is 6.10. The van der Waals surface area contributed by atoms with E-state index in [1.807, 2.05) is 18.2 Å². The molecule has 0 atom stereocenters. The lowest BCUT2D eigenvalue weighted by Gasteiger charge is -2.20. The van der Waals surface area contributed by atoms with Gasteiger partial charge >= 0.3 is 0 Å². The van der Waals surface area contributed by atoms with Crippen LogP contribution in [0.25, 0.3) is 22.4 Å². The molecule has 3 aromatic carbocycles. The number of rotatable bonds is 10. The average Bonchev–Trinajstić information content (AvgIpc) is 2.86. The number of benzene rings is 3. The normalized spacial score (nSPS) is 11.0. The predicted octanol–water partition coefficient (Wildman–Crippen LogP) is 8.88. The van der Waals surface area contributed by atoms with Crippen LogP contribution in [0.4, 0.5) is 17.2 Å². The summed E-state index contributed by atoms with van der Waals surface area (Å²) in [4.78, 5) is 5.21. The molecular weight excluding hydrogens is 426 g/mol. The lowest BCUT2D eigenvalue weighted by molar-refractivity contribution is 0.894. The minimum absolute atomic E-state index is 0.315. The third-order valence-corrected chi connectivity index (χ3v) is 6.08. The number of aromatic nitrogens is 1. The summed E-state index contributed by atoms with van der Waals surface area (Å²) in [6.07, 6.45) is 4.25. The molecule has 0 aliphatic heterocycles. The van der Waals surface area contributed by atoms with E-state index in [2.05, 4.69) is 105 Å². The van der Waals surface area contributed by atoms with E-state index in [1.54, 1.807) is 0 Å². The number of para-hydroxylation sites is 1. The van der Waals surface area contributed by atoms with Gasteiger partial charge in [0.15, 0.2) is 5.82 Å². The summed E-state index contributed by atoms with van der Waals surface area (Å²) < 4.78 is 0. The van der Waals surface area contributed by atoms with E-state index in [9.17, 15) is 0 Å². The molecule has 4 rings (SSSR count). The second-order valence-electron chi connectivity index (χ2n) is 9.42. The molecule has 3 nitrogen and oxygen atoms in total. The molecule has 1 heterocycles. The van der Waals surface area contributed by atoms with Gasteiger partial charge in [-0.05, 0) is 73.2 Å². The number of pyridine rings is 1. The zero-order valence-corrected chi connectivity index (χ0v) is 21.4. The highest BCUT2D eigenvalue weighted by molar-refractivity contribution is 5.79. The number of anilines is 3. The quantitative estimate of drug-likeness (QED) is 0.246. The molecule has 3 heteroatoms. The van der Waals surface area contributed by atoms with Crippen LogP contribution in [0.15, 0.2) is 84.9 Å². The van der Waals surface area contributed by atoms with Crippen molar-refractivity contribution in [2.75, 3.05) is 10.6 Å². The van der Waals surface area contributed by atoms with Crippen molar-refractivity contribution >= 4 is 17.2 Å². The Morgan fingerprint density at radius 1 is 0.714 bits per heavy atom. The van der Waals surface area contributed by atoms with Crippen LogP contribution in [0.5, 0.6) is 0 Å². The maximum absolute atomic E-state index is 5.21. The maximum Gasteiger partial charge on any atom is 0.154 e. The van der Waals surface area contributed by atoms with Gasteiger partial charge in [0.05, 0.1) is 11.4 Å². The summed E-state index contributed by atoms with van der Waals surface area (Å²) in [5.74, 6) is 0.861. The number of hydrogen-bond donors (Lipinski definition) is 2. The predicted molar refractivity (Wildman–Crippen MR) is 152 cm³/mol. The Labute approximate surface area is 210 Å². The van der Waals surface area contributed by atoms with E-state index in [-0.39, 0.29) is 0 Å². The topological polar surface area (TPSA) is 37.0 Å². The van der Waals surface area contributed by atoms with Crippen LogP contribution in [-0.4, -0.2) is 11.0 Å². The second-order valence-corrected chi connectivity index (χ2v) is 9.42. The van der Waals surface area contributed by atoms with Crippen molar-refractivity contribution in [3.05, 3.63) is 96.1 Å². The van der Waals surface area contributed by atoms with Crippen LogP contribution in [0.2, 0.25) is 0 Å². The van der Waals surface area contributed by atoms with Gasteiger partial charge in [-0.3, -0.25) is 0 Å². The van der Waals surface area contributed by atoms with Gasteiger partial charge in [-0.1, -0.05) is 87.4 Å². The summed E-state index contributed by atoms with van der Waals surface area (Å²) in [6, 6.07) is 30.4. The van der Waals surface area contributed by atoms with Gasteiger partial charge in [-0.15, -0.1) is 0 Å². The summed E-state index contributed by atoms with van der Waals surface area (Å²) >= 11 is 0. The first kappa shape index (κ1) is 24.5. The molecule has 2 N–H and O–H groups in total. The van der Waals surface area contributed by atoms with Crippen molar-refractivity contribution in [3.63, 3.8) is 0 Å². The lowest BCUT2D eigenvalue weighted by atomic mass is 9.88. The fourth-order valence-electron chi connectivity index (χ4n) is 4.61. The Morgan fingerprint density at radius 2 is 1.31 bits per heavy atom. The molecule has 0 aliphatic rings. The zero-order chi connectivity index (χ0) is 24.6. The highest BCUT2D eigenvalue weighted by atomic mass is 15.1. The van der Waals surface area contributed by atoms with Gasteiger partial charge in [0.2, 0.25) is 0 Å². The average molecular weight is 464 g/mol. The maximum atomic E-state index is 5.21. The van der Waals surface area contributed by atoms with Crippen LogP contribution in [-0.2, 0) is 12.8 Å². The molecular formula is C32H37N3. The molecule has 0 amide bonds. The largest absolute Gasteiger partial charge is 0.380 e. The highest BCUT2D eigenvalue weighted by Gasteiger charge is 2.17. The van der Waals surface area contributed by atoms with Crippen molar-refractivity contribution in [1.29, 1.82) is 0 Å². The van der Waals surface area contributed by atoms with Crippen molar-refractivity contribution in [2.45, 2.75) is 59.4 Å². The minimum atomic E-state index is 0.315. The van der Waals surface area contributed by atoms with Gasteiger partial charge in [0.25, 0.3) is 0 Å². The fraction of sp³-hybridized carbons (Fsp3) is 0.281. The van der Waals surface area contributed by atoms with Crippen LogP contribution in [0.3, 0.4) is 0 Å². The first-order valence-electron chi connectivity index (χ1n) is 12.9. The molecule has 0 saturated carbocycles. The number of aryl methyl sites for hydroxylation is 2. The Balaban J connectivity index is 1.86. The number of nitrogens with zero attached hydrogens (tertiary/aromatic N) is 1. The molecule has 0 saturated heterocycles. The first-order chi connectivity index (χ1) is 17.1. The van der Waals surface area contributed by atoms with Gasteiger partial charge in [0.1, 0.15) is 0 Å². The Hall–Kier alpha value is -3.59. The van der Waals surface area contributed by atoms with E-state index in [0.717, 1.165) is 48.6 Å². The summed E-state index contributed by atoms with van der Waals surface area (Å²) in [5.41, 5.74) is 9.69. The molecule has 0 fully saturated rings. The molecule has 4 aromatic rings. The monoisotopic (exact) mass is 463 g/mol. The van der Waals surface area contributed by atoms with E-state index in [1.165, 1.54) is 27.8 Å². The fourth-order valence-corrected chi connectivity index (χ4v) is 4.61. The van der Waals surface area contributed by atoms with Crippen LogP contribution in [0.1, 0.15) is 51.7 Å². The summed E-state index contributed by atoms with van der Waals surface area (Å²) in [6.45, 7) is 8.82. The van der Waals surface area contributed by atoms with Crippen LogP contribution in [0, 0.1) is 0 Å². The second kappa shape index (κ2) is 11.7. The smallest absolute Gasteiger partial charge is 0.154 e. The van der Waals surface area contributed by atoms with Crippen LogP contribution >= 0.6 is 0 Å². The van der Waals surface area contributed by atoms with Gasteiger partial charge in [0, 0.05) is 17.3 Å². The molecule has 35 heavy (non-hydrogen) atoms. The van der Waals surface area contributed by atoms with Crippen LogP contribution < -0.4 is 10.6 Å². The Bertz CT molecular complexity index is 1200. The first-order valence-corrected chi connectivity index (χ1v) is 12.9. The minimum Gasteiger partial charge on any atom is -0.380 e. The SMILES string of the molecule is CCCc1cc(-c2ccccc2)cc(CCC)c1-c1ccc(NC(C)C)c(Nc2ccccc2)n1.